The SMILES string of the molecule is CCCCCC(C)NCCOCCCc1ccccc1. The van der Waals surface area contributed by atoms with E-state index in [9.17, 15) is 0 Å². The van der Waals surface area contributed by atoms with E-state index in [0.717, 1.165) is 32.6 Å². The highest BCUT2D eigenvalue weighted by molar-refractivity contribution is 5.14. The number of rotatable bonds is 12. The third-order valence-electron chi connectivity index (χ3n) is 3.58. The van der Waals surface area contributed by atoms with E-state index in [2.05, 4.69) is 49.5 Å². The van der Waals surface area contributed by atoms with Crippen LogP contribution in [0.2, 0.25) is 0 Å². The minimum absolute atomic E-state index is 0.620. The number of ether oxygens (including phenoxy) is 1. The molecule has 114 valence electrons. The number of hydrogen-bond acceptors (Lipinski definition) is 2. The Bertz CT molecular complexity index is 312. The molecule has 1 rings (SSSR count). The molecular weight excluding hydrogens is 246 g/mol. The van der Waals surface area contributed by atoms with Gasteiger partial charge in [0.15, 0.2) is 0 Å². The third kappa shape index (κ3) is 9.11. The molecule has 0 radical (unpaired) electrons. The predicted octanol–water partition coefficient (Wildman–Crippen LogP) is 4.19. The van der Waals surface area contributed by atoms with Crippen LogP contribution in [0.15, 0.2) is 30.3 Å². The van der Waals surface area contributed by atoms with E-state index in [4.69, 9.17) is 4.74 Å². The summed E-state index contributed by atoms with van der Waals surface area (Å²) in [4.78, 5) is 0. The molecule has 0 saturated carbocycles. The zero-order chi connectivity index (χ0) is 14.5. The monoisotopic (exact) mass is 277 g/mol. The van der Waals surface area contributed by atoms with Crippen molar-refractivity contribution < 1.29 is 4.74 Å². The minimum Gasteiger partial charge on any atom is -0.380 e. The van der Waals surface area contributed by atoms with Crippen LogP contribution in [0.3, 0.4) is 0 Å². The Morgan fingerprint density at radius 1 is 1.05 bits per heavy atom. The van der Waals surface area contributed by atoms with Crippen LogP contribution in [0, 0.1) is 0 Å². The molecule has 0 saturated heterocycles. The molecule has 0 bridgehead atoms. The van der Waals surface area contributed by atoms with Gasteiger partial charge in [0, 0.05) is 19.2 Å². The Balaban J connectivity index is 1.87. The van der Waals surface area contributed by atoms with Crippen molar-refractivity contribution in [1.82, 2.24) is 5.32 Å². The number of unbranched alkanes of at least 4 members (excludes halogenated alkanes) is 2. The van der Waals surface area contributed by atoms with Gasteiger partial charge in [-0.2, -0.15) is 0 Å². The lowest BCUT2D eigenvalue weighted by atomic mass is 10.1. The summed E-state index contributed by atoms with van der Waals surface area (Å²) in [5.74, 6) is 0. The third-order valence-corrected chi connectivity index (χ3v) is 3.58. The van der Waals surface area contributed by atoms with Gasteiger partial charge in [-0.15, -0.1) is 0 Å². The fourth-order valence-electron chi connectivity index (χ4n) is 2.31. The lowest BCUT2D eigenvalue weighted by molar-refractivity contribution is 0.131. The molecule has 1 aromatic rings. The van der Waals surface area contributed by atoms with Gasteiger partial charge in [-0.1, -0.05) is 56.5 Å². The highest BCUT2D eigenvalue weighted by Gasteiger charge is 2.00. The van der Waals surface area contributed by atoms with Crippen LogP contribution >= 0.6 is 0 Å². The fourth-order valence-corrected chi connectivity index (χ4v) is 2.31. The molecule has 2 heteroatoms. The summed E-state index contributed by atoms with van der Waals surface area (Å²) in [5.41, 5.74) is 1.40. The van der Waals surface area contributed by atoms with Crippen LogP contribution in [-0.4, -0.2) is 25.8 Å². The molecule has 2 nitrogen and oxygen atoms in total. The van der Waals surface area contributed by atoms with Crippen molar-refractivity contribution in [3.05, 3.63) is 35.9 Å². The number of hydrogen-bond donors (Lipinski definition) is 1. The van der Waals surface area contributed by atoms with E-state index < -0.39 is 0 Å². The lowest BCUT2D eigenvalue weighted by Crippen LogP contribution is -2.29. The molecule has 0 amide bonds. The number of benzene rings is 1. The van der Waals surface area contributed by atoms with Gasteiger partial charge in [0.2, 0.25) is 0 Å². The van der Waals surface area contributed by atoms with Crippen LogP contribution in [0.4, 0.5) is 0 Å². The Labute approximate surface area is 124 Å². The maximum Gasteiger partial charge on any atom is 0.0591 e. The molecule has 20 heavy (non-hydrogen) atoms. The maximum absolute atomic E-state index is 5.67. The van der Waals surface area contributed by atoms with Crippen LogP contribution < -0.4 is 5.32 Å². The van der Waals surface area contributed by atoms with Gasteiger partial charge in [-0.05, 0) is 31.7 Å². The molecular formula is C18H31NO. The van der Waals surface area contributed by atoms with E-state index in [-0.39, 0.29) is 0 Å². The highest BCUT2D eigenvalue weighted by atomic mass is 16.5. The van der Waals surface area contributed by atoms with E-state index in [1.165, 1.54) is 31.2 Å². The van der Waals surface area contributed by atoms with Crippen LogP contribution in [0.25, 0.3) is 0 Å². The Morgan fingerprint density at radius 2 is 1.85 bits per heavy atom. The minimum atomic E-state index is 0.620. The quantitative estimate of drug-likeness (QED) is 0.578. The van der Waals surface area contributed by atoms with Crippen molar-refractivity contribution in [3.8, 4) is 0 Å². The van der Waals surface area contributed by atoms with Crippen molar-refractivity contribution in [2.24, 2.45) is 0 Å². The van der Waals surface area contributed by atoms with Gasteiger partial charge in [-0.25, -0.2) is 0 Å². The first-order valence-electron chi connectivity index (χ1n) is 8.18. The van der Waals surface area contributed by atoms with Crippen LogP contribution in [0.5, 0.6) is 0 Å². The van der Waals surface area contributed by atoms with E-state index >= 15 is 0 Å². The van der Waals surface area contributed by atoms with Gasteiger partial charge in [0.05, 0.1) is 6.61 Å². The van der Waals surface area contributed by atoms with E-state index in [1.54, 1.807) is 0 Å². The Hall–Kier alpha value is -0.860. The van der Waals surface area contributed by atoms with Crippen LogP contribution in [0.1, 0.15) is 51.5 Å². The van der Waals surface area contributed by atoms with Crippen molar-refractivity contribution in [2.75, 3.05) is 19.8 Å². The second kappa shape index (κ2) is 11.9. The molecule has 1 unspecified atom stereocenters. The van der Waals surface area contributed by atoms with Crippen LogP contribution in [-0.2, 0) is 11.2 Å². The topological polar surface area (TPSA) is 21.3 Å². The largest absolute Gasteiger partial charge is 0.380 e. The molecule has 0 aliphatic carbocycles. The summed E-state index contributed by atoms with van der Waals surface area (Å²) in [6.45, 7) is 7.18. The summed E-state index contributed by atoms with van der Waals surface area (Å²) in [5, 5.41) is 3.53. The summed E-state index contributed by atoms with van der Waals surface area (Å²) < 4.78 is 5.67. The molecule has 0 aliphatic rings. The standard InChI is InChI=1S/C18H31NO/c1-3-4-6-10-17(2)19-14-16-20-15-9-13-18-11-7-5-8-12-18/h5,7-8,11-12,17,19H,3-4,6,9-10,13-16H2,1-2H3. The lowest BCUT2D eigenvalue weighted by Gasteiger charge is -2.13. The summed E-state index contributed by atoms with van der Waals surface area (Å²) in [6, 6.07) is 11.2. The normalized spacial score (nSPS) is 12.5. The van der Waals surface area contributed by atoms with E-state index in [1.807, 2.05) is 0 Å². The molecule has 1 aromatic carbocycles. The highest BCUT2D eigenvalue weighted by Crippen LogP contribution is 2.03. The molecule has 0 fully saturated rings. The maximum atomic E-state index is 5.67. The molecule has 1 atom stereocenters. The van der Waals surface area contributed by atoms with E-state index in [0.29, 0.717) is 6.04 Å². The second-order valence-electron chi connectivity index (χ2n) is 5.55. The van der Waals surface area contributed by atoms with Crippen molar-refractivity contribution in [1.29, 1.82) is 0 Å². The van der Waals surface area contributed by atoms with Gasteiger partial charge >= 0.3 is 0 Å². The first kappa shape index (κ1) is 17.2. The Morgan fingerprint density at radius 3 is 2.60 bits per heavy atom. The first-order valence-corrected chi connectivity index (χ1v) is 8.18. The average Bonchev–Trinajstić information content (AvgIpc) is 2.47. The first-order chi connectivity index (χ1) is 9.83. The molecule has 0 spiro atoms. The Kier molecular flexibility index (Phi) is 10.3. The summed E-state index contributed by atoms with van der Waals surface area (Å²) in [7, 11) is 0. The molecule has 0 heterocycles. The fraction of sp³-hybridized carbons (Fsp3) is 0.667. The number of aryl methyl sites for hydroxylation is 1. The smallest absolute Gasteiger partial charge is 0.0591 e. The molecule has 0 aromatic heterocycles. The van der Waals surface area contributed by atoms with Crippen molar-refractivity contribution in [2.45, 2.75) is 58.4 Å². The predicted molar refractivity (Wildman–Crippen MR) is 87.2 cm³/mol. The average molecular weight is 277 g/mol. The molecule has 0 aliphatic heterocycles. The zero-order valence-corrected chi connectivity index (χ0v) is 13.2. The van der Waals surface area contributed by atoms with Gasteiger partial charge < -0.3 is 10.1 Å². The molecule has 1 N–H and O–H groups in total. The zero-order valence-electron chi connectivity index (χ0n) is 13.2. The van der Waals surface area contributed by atoms with Gasteiger partial charge in [-0.3, -0.25) is 0 Å². The van der Waals surface area contributed by atoms with Crippen molar-refractivity contribution in [3.63, 3.8) is 0 Å². The number of nitrogens with one attached hydrogen (secondary N) is 1. The summed E-state index contributed by atoms with van der Waals surface area (Å²) >= 11 is 0. The van der Waals surface area contributed by atoms with Gasteiger partial charge in [0.25, 0.3) is 0 Å². The van der Waals surface area contributed by atoms with Gasteiger partial charge in [0.1, 0.15) is 0 Å². The second-order valence-corrected chi connectivity index (χ2v) is 5.55. The summed E-state index contributed by atoms with van der Waals surface area (Å²) in [6.07, 6.45) is 7.49. The van der Waals surface area contributed by atoms with Crippen molar-refractivity contribution >= 4 is 0 Å².